The van der Waals surface area contributed by atoms with Crippen LogP contribution in [-0.4, -0.2) is 9.55 Å². The third-order valence-corrected chi connectivity index (χ3v) is 8.26. The van der Waals surface area contributed by atoms with Gasteiger partial charge in [-0.05, 0) is 66.2 Å². The number of benzene rings is 5. The van der Waals surface area contributed by atoms with Gasteiger partial charge in [0.25, 0.3) is 0 Å². The molecule has 5 aromatic carbocycles. The number of imidazole rings is 1. The quantitative estimate of drug-likeness (QED) is 0.200. The molecular weight excluding hydrogens is 530 g/mol. The Morgan fingerprint density at radius 2 is 1.35 bits per heavy atom. The first-order valence-corrected chi connectivity index (χ1v) is 14.3. The minimum atomic E-state index is -0.702. The second kappa shape index (κ2) is 10.00. The monoisotopic (exact) mass is 558 g/mol. The molecule has 5 heteroatoms. The molecule has 0 aliphatic carbocycles. The van der Waals surface area contributed by atoms with Crippen LogP contribution in [0.5, 0.6) is 23.0 Å². The molecule has 0 atom stereocenters. The van der Waals surface area contributed by atoms with Gasteiger partial charge in [0.2, 0.25) is 6.33 Å². The van der Waals surface area contributed by atoms with E-state index in [1.165, 1.54) is 5.52 Å². The first-order valence-electron chi connectivity index (χ1n) is 14.3. The van der Waals surface area contributed by atoms with Gasteiger partial charge in [0.05, 0.1) is 18.2 Å². The Labute approximate surface area is 249 Å². The predicted molar refractivity (Wildman–Crippen MR) is 167 cm³/mol. The van der Waals surface area contributed by atoms with Gasteiger partial charge in [-0.2, -0.15) is 4.57 Å². The molecule has 1 aliphatic heterocycles. The second-order valence-electron chi connectivity index (χ2n) is 10.8. The van der Waals surface area contributed by atoms with Crippen LogP contribution in [0.2, 0.25) is 0 Å². The molecule has 43 heavy (non-hydrogen) atoms. The Bertz CT molecular complexity index is 2070. The van der Waals surface area contributed by atoms with Gasteiger partial charge < -0.3 is 9.47 Å². The fraction of sp³-hybridized carbons (Fsp3) is 0.0526. The summed E-state index contributed by atoms with van der Waals surface area (Å²) >= 11 is 0. The van der Waals surface area contributed by atoms with E-state index in [9.17, 15) is 0 Å². The van der Waals surface area contributed by atoms with Crippen LogP contribution in [0.25, 0.3) is 16.7 Å². The number of hydrogen-bond donors (Lipinski definition) is 0. The second-order valence-corrected chi connectivity index (χ2v) is 10.8. The van der Waals surface area contributed by atoms with Gasteiger partial charge in [0.15, 0.2) is 11.0 Å². The Morgan fingerprint density at radius 1 is 0.674 bits per heavy atom. The zero-order chi connectivity index (χ0) is 28.8. The molecule has 2 aromatic heterocycles. The van der Waals surface area contributed by atoms with E-state index >= 15 is 0 Å². The maximum atomic E-state index is 6.58. The number of fused-ring (bicyclic) bond motifs is 3. The molecule has 0 fully saturated rings. The molecule has 0 N–H and O–H groups in total. The normalized spacial score (nSPS) is 13.1. The van der Waals surface area contributed by atoms with E-state index < -0.39 is 5.41 Å². The van der Waals surface area contributed by atoms with E-state index in [-0.39, 0.29) is 0 Å². The zero-order valence-electron chi connectivity index (χ0n) is 23.6. The lowest BCUT2D eigenvalue weighted by molar-refractivity contribution is -0.645. The smallest absolute Gasteiger partial charge is 0.249 e. The van der Waals surface area contributed by atoms with Crippen molar-refractivity contribution < 1.29 is 14.0 Å². The van der Waals surface area contributed by atoms with Crippen LogP contribution in [-0.2, 0) is 12.5 Å². The Hall–Kier alpha value is -5.68. The van der Waals surface area contributed by atoms with E-state index in [0.29, 0.717) is 0 Å². The van der Waals surface area contributed by atoms with Crippen LogP contribution >= 0.6 is 0 Å². The number of ether oxygens (including phenoxy) is 2. The summed E-state index contributed by atoms with van der Waals surface area (Å²) in [6.07, 6.45) is 3.95. The molecule has 1 aliphatic rings. The highest BCUT2D eigenvalue weighted by molar-refractivity contribution is 5.74. The lowest BCUT2D eigenvalue weighted by Crippen LogP contribution is -2.35. The molecule has 7 aromatic rings. The summed E-state index contributed by atoms with van der Waals surface area (Å²) in [7, 11) is 2.06. The molecule has 0 saturated heterocycles. The average Bonchev–Trinajstić information content (AvgIpc) is 3.40. The summed E-state index contributed by atoms with van der Waals surface area (Å²) in [6, 6.07) is 47.5. The van der Waals surface area contributed by atoms with Crippen molar-refractivity contribution in [3.63, 3.8) is 0 Å². The summed E-state index contributed by atoms with van der Waals surface area (Å²) in [4.78, 5) is 4.93. The van der Waals surface area contributed by atoms with Crippen molar-refractivity contribution >= 4 is 11.0 Å². The molecule has 0 radical (unpaired) electrons. The fourth-order valence-electron chi connectivity index (χ4n) is 6.41. The molecular formula is C38H28N3O2+. The molecule has 0 bridgehead atoms. The standard InChI is InChI=1S/C38H28N3O2/c1-40-26-41(34-19-5-4-18-33(34)40)28-13-11-15-30(25-28)42-29-14-10-12-27(24-29)38(37-22-8-9-23-39-37)31-16-2-6-20-35(31)43-36-21-7-3-17-32(36)38/h2-26H,1H3/q+1. The molecule has 206 valence electrons. The van der Waals surface area contributed by atoms with Crippen molar-refractivity contribution in [1.29, 1.82) is 0 Å². The largest absolute Gasteiger partial charge is 0.457 e. The zero-order valence-corrected chi connectivity index (χ0v) is 23.6. The SMILES string of the molecule is C[n+]1cn(-c2cccc(Oc3cccc(C4(c5ccccn5)c5ccccc5Oc5ccccc54)c3)c2)c2ccccc21. The number of hydrogen-bond acceptors (Lipinski definition) is 3. The first kappa shape index (κ1) is 25.1. The lowest BCUT2D eigenvalue weighted by atomic mass is 9.65. The van der Waals surface area contributed by atoms with Crippen molar-refractivity contribution in [3.05, 3.63) is 174 Å². The Morgan fingerprint density at radius 3 is 2.12 bits per heavy atom. The summed E-state index contributed by atoms with van der Waals surface area (Å²) in [5, 5.41) is 0. The van der Waals surface area contributed by atoms with Gasteiger partial charge in [0.1, 0.15) is 28.7 Å². The number of para-hydroxylation sites is 4. The lowest BCUT2D eigenvalue weighted by Gasteiger charge is -2.40. The van der Waals surface area contributed by atoms with Crippen molar-refractivity contribution in [1.82, 2.24) is 9.55 Å². The van der Waals surface area contributed by atoms with Crippen molar-refractivity contribution in [2.45, 2.75) is 5.41 Å². The molecule has 0 spiro atoms. The molecule has 8 rings (SSSR count). The number of pyridine rings is 1. The van der Waals surface area contributed by atoms with Gasteiger partial charge in [0, 0.05) is 23.4 Å². The highest BCUT2D eigenvalue weighted by Gasteiger charge is 2.46. The van der Waals surface area contributed by atoms with Crippen LogP contribution < -0.4 is 14.0 Å². The molecule has 0 saturated carbocycles. The summed E-state index contributed by atoms with van der Waals surface area (Å²) in [6.45, 7) is 0. The molecule has 0 amide bonds. The number of rotatable bonds is 5. The predicted octanol–water partition coefficient (Wildman–Crippen LogP) is 8.13. The van der Waals surface area contributed by atoms with Crippen molar-refractivity contribution in [2.24, 2.45) is 7.05 Å². The summed E-state index contributed by atoms with van der Waals surface area (Å²) in [5.74, 6) is 3.14. The minimum absolute atomic E-state index is 0.702. The topological polar surface area (TPSA) is 40.2 Å². The van der Waals surface area contributed by atoms with E-state index in [0.717, 1.165) is 56.6 Å². The van der Waals surface area contributed by atoms with Gasteiger partial charge in [-0.15, -0.1) is 0 Å². The summed E-state index contributed by atoms with van der Waals surface area (Å²) < 4.78 is 17.3. The van der Waals surface area contributed by atoms with E-state index in [1.807, 2.05) is 60.8 Å². The molecule has 5 nitrogen and oxygen atoms in total. The van der Waals surface area contributed by atoms with Crippen LogP contribution in [0.1, 0.15) is 22.4 Å². The van der Waals surface area contributed by atoms with Gasteiger partial charge in [-0.25, -0.2) is 4.57 Å². The van der Waals surface area contributed by atoms with Gasteiger partial charge in [-0.1, -0.05) is 72.8 Å². The minimum Gasteiger partial charge on any atom is -0.457 e. The fourth-order valence-corrected chi connectivity index (χ4v) is 6.41. The van der Waals surface area contributed by atoms with Crippen molar-refractivity contribution in [2.75, 3.05) is 0 Å². The summed E-state index contributed by atoms with van der Waals surface area (Å²) in [5.41, 5.74) is 6.68. The van der Waals surface area contributed by atoms with E-state index in [2.05, 4.69) is 107 Å². The Balaban J connectivity index is 1.26. The average molecular weight is 559 g/mol. The third kappa shape index (κ3) is 4.01. The van der Waals surface area contributed by atoms with Crippen molar-refractivity contribution in [3.8, 4) is 28.7 Å². The first-order chi connectivity index (χ1) is 21.2. The van der Waals surface area contributed by atoms with E-state index in [1.54, 1.807) is 0 Å². The maximum Gasteiger partial charge on any atom is 0.249 e. The van der Waals surface area contributed by atoms with Crippen LogP contribution in [0.4, 0.5) is 0 Å². The van der Waals surface area contributed by atoms with Crippen LogP contribution in [0, 0.1) is 0 Å². The van der Waals surface area contributed by atoms with Crippen LogP contribution in [0.3, 0.4) is 0 Å². The number of aryl methyl sites for hydroxylation is 1. The van der Waals surface area contributed by atoms with Gasteiger partial charge >= 0.3 is 0 Å². The third-order valence-electron chi connectivity index (χ3n) is 8.26. The Kier molecular flexibility index (Phi) is 5.83. The maximum absolute atomic E-state index is 6.58. The number of nitrogens with zero attached hydrogens (tertiary/aromatic N) is 3. The van der Waals surface area contributed by atoms with E-state index in [4.69, 9.17) is 14.5 Å². The van der Waals surface area contributed by atoms with Crippen LogP contribution in [0.15, 0.2) is 152 Å². The number of aromatic nitrogens is 3. The van der Waals surface area contributed by atoms with Gasteiger partial charge in [-0.3, -0.25) is 4.98 Å². The highest BCUT2D eigenvalue weighted by Crippen LogP contribution is 2.55. The molecule has 0 unspecified atom stereocenters. The highest BCUT2D eigenvalue weighted by atomic mass is 16.5. The molecule has 3 heterocycles.